The van der Waals surface area contributed by atoms with Gasteiger partial charge in [0.1, 0.15) is 0 Å². The molecule has 0 spiro atoms. The van der Waals surface area contributed by atoms with Crippen LogP contribution in [-0.2, 0) is 0 Å². The standard InChI is InChI=1S/C12H20ClN5/c1-3-5-8-7-9(8)15-12-17-10(13)16-11(18-12)14-6-4-2/h8-9H,3-7H2,1-2H3,(H2,14,15,16,17,18). The Hall–Kier alpha value is -1.10. The molecule has 1 saturated carbocycles. The van der Waals surface area contributed by atoms with Crippen LogP contribution in [0.5, 0.6) is 0 Å². The molecule has 0 radical (unpaired) electrons. The van der Waals surface area contributed by atoms with E-state index in [2.05, 4.69) is 39.4 Å². The van der Waals surface area contributed by atoms with Crippen LogP contribution in [0.15, 0.2) is 0 Å². The molecule has 5 nitrogen and oxygen atoms in total. The lowest BCUT2D eigenvalue weighted by Crippen LogP contribution is -2.12. The zero-order valence-electron chi connectivity index (χ0n) is 10.9. The summed E-state index contributed by atoms with van der Waals surface area (Å²) in [5, 5.41) is 6.68. The maximum absolute atomic E-state index is 5.89. The van der Waals surface area contributed by atoms with Crippen molar-refractivity contribution in [1.82, 2.24) is 15.0 Å². The molecule has 18 heavy (non-hydrogen) atoms. The van der Waals surface area contributed by atoms with Crippen LogP contribution >= 0.6 is 11.6 Å². The van der Waals surface area contributed by atoms with Crippen molar-refractivity contribution in [2.24, 2.45) is 5.92 Å². The van der Waals surface area contributed by atoms with Gasteiger partial charge in [-0.15, -0.1) is 0 Å². The molecule has 2 rings (SSSR count). The molecule has 0 aliphatic heterocycles. The summed E-state index contributed by atoms with van der Waals surface area (Å²) in [4.78, 5) is 12.5. The van der Waals surface area contributed by atoms with Crippen molar-refractivity contribution in [3.63, 3.8) is 0 Å². The smallest absolute Gasteiger partial charge is 0.229 e. The second-order valence-corrected chi connectivity index (χ2v) is 5.05. The Labute approximate surface area is 113 Å². The Balaban J connectivity index is 1.93. The minimum atomic E-state index is 0.235. The lowest BCUT2D eigenvalue weighted by Gasteiger charge is -2.07. The number of rotatable bonds is 7. The Kier molecular flexibility index (Phi) is 4.58. The van der Waals surface area contributed by atoms with Crippen molar-refractivity contribution < 1.29 is 0 Å². The van der Waals surface area contributed by atoms with Gasteiger partial charge in [0.15, 0.2) is 0 Å². The van der Waals surface area contributed by atoms with Crippen molar-refractivity contribution in [2.75, 3.05) is 17.2 Å². The van der Waals surface area contributed by atoms with Crippen molar-refractivity contribution >= 4 is 23.5 Å². The van der Waals surface area contributed by atoms with E-state index in [4.69, 9.17) is 11.6 Å². The molecule has 2 N–H and O–H groups in total. The van der Waals surface area contributed by atoms with Gasteiger partial charge >= 0.3 is 0 Å². The topological polar surface area (TPSA) is 62.7 Å². The lowest BCUT2D eigenvalue weighted by molar-refractivity contribution is 0.691. The fraction of sp³-hybridized carbons (Fsp3) is 0.750. The third-order valence-electron chi connectivity index (χ3n) is 3.04. The molecule has 1 aromatic heterocycles. The lowest BCUT2D eigenvalue weighted by atomic mass is 10.2. The fourth-order valence-corrected chi connectivity index (χ4v) is 2.17. The molecule has 0 aromatic carbocycles. The number of halogens is 1. The molecule has 1 aliphatic carbocycles. The van der Waals surface area contributed by atoms with Gasteiger partial charge in [0, 0.05) is 12.6 Å². The van der Waals surface area contributed by atoms with Crippen molar-refractivity contribution in [3.05, 3.63) is 5.28 Å². The van der Waals surface area contributed by atoms with E-state index >= 15 is 0 Å². The monoisotopic (exact) mass is 269 g/mol. The number of nitrogens with zero attached hydrogens (tertiary/aromatic N) is 3. The SMILES string of the molecule is CCCNc1nc(Cl)nc(NC2CC2CCC)n1. The van der Waals surface area contributed by atoms with Crippen LogP contribution in [0.1, 0.15) is 39.5 Å². The molecule has 1 heterocycles. The van der Waals surface area contributed by atoms with E-state index in [9.17, 15) is 0 Å². The van der Waals surface area contributed by atoms with Gasteiger partial charge in [0.05, 0.1) is 0 Å². The Morgan fingerprint density at radius 3 is 2.67 bits per heavy atom. The van der Waals surface area contributed by atoms with Crippen LogP contribution < -0.4 is 10.6 Å². The fourth-order valence-electron chi connectivity index (χ4n) is 2.01. The molecule has 2 unspecified atom stereocenters. The molecular formula is C12H20ClN5. The summed E-state index contributed by atoms with van der Waals surface area (Å²) in [6.07, 6.45) is 4.71. The third kappa shape index (κ3) is 3.70. The van der Waals surface area contributed by atoms with E-state index in [1.54, 1.807) is 0 Å². The summed E-state index contributed by atoms with van der Waals surface area (Å²) in [5.74, 6) is 1.89. The molecule has 1 fully saturated rings. The highest BCUT2D eigenvalue weighted by Crippen LogP contribution is 2.36. The molecule has 1 aromatic rings. The number of nitrogens with one attached hydrogen (secondary N) is 2. The number of hydrogen-bond acceptors (Lipinski definition) is 5. The molecule has 0 bridgehead atoms. The van der Waals surface area contributed by atoms with Gasteiger partial charge in [-0.05, 0) is 36.8 Å². The molecule has 0 amide bonds. The second kappa shape index (κ2) is 6.18. The maximum Gasteiger partial charge on any atom is 0.229 e. The van der Waals surface area contributed by atoms with Gasteiger partial charge in [-0.2, -0.15) is 15.0 Å². The third-order valence-corrected chi connectivity index (χ3v) is 3.21. The van der Waals surface area contributed by atoms with Crippen LogP contribution in [0, 0.1) is 5.92 Å². The normalized spacial score (nSPS) is 21.7. The first-order valence-electron chi connectivity index (χ1n) is 6.65. The molecule has 6 heteroatoms. The first-order chi connectivity index (χ1) is 8.72. The first-order valence-corrected chi connectivity index (χ1v) is 7.02. The molecular weight excluding hydrogens is 250 g/mol. The highest BCUT2D eigenvalue weighted by atomic mass is 35.5. The highest BCUT2D eigenvalue weighted by Gasteiger charge is 2.36. The molecule has 2 atom stereocenters. The van der Waals surface area contributed by atoms with Crippen LogP contribution in [0.3, 0.4) is 0 Å². The van der Waals surface area contributed by atoms with Crippen molar-refractivity contribution in [1.29, 1.82) is 0 Å². The summed E-state index contributed by atoms with van der Waals surface area (Å²) < 4.78 is 0. The van der Waals surface area contributed by atoms with E-state index < -0.39 is 0 Å². The van der Waals surface area contributed by atoms with E-state index in [0.717, 1.165) is 18.9 Å². The van der Waals surface area contributed by atoms with Crippen LogP contribution in [-0.4, -0.2) is 27.5 Å². The van der Waals surface area contributed by atoms with E-state index in [-0.39, 0.29) is 5.28 Å². The zero-order valence-corrected chi connectivity index (χ0v) is 11.7. The van der Waals surface area contributed by atoms with E-state index in [1.807, 2.05) is 0 Å². The summed E-state index contributed by atoms with van der Waals surface area (Å²) in [6.45, 7) is 5.14. The van der Waals surface area contributed by atoms with Crippen LogP contribution in [0.4, 0.5) is 11.9 Å². The highest BCUT2D eigenvalue weighted by molar-refractivity contribution is 6.28. The van der Waals surface area contributed by atoms with Crippen LogP contribution in [0.25, 0.3) is 0 Å². The molecule has 100 valence electrons. The number of hydrogen-bond donors (Lipinski definition) is 2. The average Bonchev–Trinajstić information content (AvgIpc) is 3.04. The van der Waals surface area contributed by atoms with E-state index in [1.165, 1.54) is 19.3 Å². The minimum Gasteiger partial charge on any atom is -0.354 e. The molecule has 0 saturated heterocycles. The maximum atomic E-state index is 5.89. The Bertz CT molecular complexity index is 398. The van der Waals surface area contributed by atoms with Gasteiger partial charge in [-0.3, -0.25) is 0 Å². The Morgan fingerprint density at radius 1 is 1.17 bits per heavy atom. The zero-order chi connectivity index (χ0) is 13.0. The van der Waals surface area contributed by atoms with Gasteiger partial charge in [0.25, 0.3) is 0 Å². The first kappa shape index (κ1) is 13.3. The number of aromatic nitrogens is 3. The predicted molar refractivity (Wildman–Crippen MR) is 74.0 cm³/mol. The van der Waals surface area contributed by atoms with Gasteiger partial charge in [-0.1, -0.05) is 20.3 Å². The second-order valence-electron chi connectivity index (χ2n) is 4.71. The van der Waals surface area contributed by atoms with Gasteiger partial charge in [-0.25, -0.2) is 0 Å². The predicted octanol–water partition coefficient (Wildman–Crippen LogP) is 2.95. The summed E-state index contributed by atoms with van der Waals surface area (Å²) in [6, 6.07) is 0.502. The minimum absolute atomic E-state index is 0.235. The summed E-state index contributed by atoms with van der Waals surface area (Å²) in [5.41, 5.74) is 0. The van der Waals surface area contributed by atoms with Gasteiger partial charge in [0.2, 0.25) is 17.2 Å². The van der Waals surface area contributed by atoms with Crippen molar-refractivity contribution in [3.8, 4) is 0 Å². The quantitative estimate of drug-likeness (QED) is 0.797. The summed E-state index contributed by atoms with van der Waals surface area (Å²) in [7, 11) is 0. The van der Waals surface area contributed by atoms with Crippen LogP contribution in [0.2, 0.25) is 5.28 Å². The van der Waals surface area contributed by atoms with Gasteiger partial charge < -0.3 is 10.6 Å². The largest absolute Gasteiger partial charge is 0.354 e. The Morgan fingerprint density at radius 2 is 1.94 bits per heavy atom. The van der Waals surface area contributed by atoms with E-state index in [0.29, 0.717) is 17.9 Å². The molecule has 1 aliphatic rings. The number of anilines is 2. The summed E-state index contributed by atoms with van der Waals surface area (Å²) >= 11 is 5.89. The average molecular weight is 270 g/mol. The van der Waals surface area contributed by atoms with Crippen molar-refractivity contribution in [2.45, 2.75) is 45.6 Å².